The molecule has 0 saturated heterocycles. The topological polar surface area (TPSA) is 63.6 Å². The van der Waals surface area contributed by atoms with Crippen LogP contribution in [0.2, 0.25) is 0 Å². The van der Waals surface area contributed by atoms with Crippen LogP contribution in [0.4, 0.5) is 0 Å². The second-order valence-corrected chi connectivity index (χ2v) is 5.61. The van der Waals surface area contributed by atoms with Crippen LogP contribution in [0.5, 0.6) is 0 Å². The van der Waals surface area contributed by atoms with E-state index < -0.39 is 17.9 Å². The standard InChI is InChI=1S/C17H32O4/c1-3-5-6-7-8-9-10-11-12-13-14-15(16(18)19)17(20)21-4-2/h15H,3-14H2,1-2H3,(H,18,19). The molecule has 1 unspecified atom stereocenters. The van der Waals surface area contributed by atoms with Crippen LogP contribution < -0.4 is 0 Å². The highest BCUT2D eigenvalue weighted by atomic mass is 16.5. The summed E-state index contributed by atoms with van der Waals surface area (Å²) in [7, 11) is 0. The Kier molecular flexibility index (Phi) is 13.2. The van der Waals surface area contributed by atoms with Crippen LogP contribution in [0.15, 0.2) is 0 Å². The average molecular weight is 300 g/mol. The summed E-state index contributed by atoms with van der Waals surface area (Å²) in [5.41, 5.74) is 0. The van der Waals surface area contributed by atoms with Crippen LogP contribution in [0, 0.1) is 5.92 Å². The van der Waals surface area contributed by atoms with Gasteiger partial charge in [0.15, 0.2) is 5.92 Å². The Labute approximate surface area is 129 Å². The summed E-state index contributed by atoms with van der Waals surface area (Å²) in [6.07, 6.45) is 12.4. The van der Waals surface area contributed by atoms with Gasteiger partial charge in [0.2, 0.25) is 0 Å². The number of carbonyl (C=O) groups is 2. The lowest BCUT2D eigenvalue weighted by molar-refractivity contribution is -0.158. The van der Waals surface area contributed by atoms with E-state index in [1.54, 1.807) is 6.92 Å². The Morgan fingerprint density at radius 2 is 1.33 bits per heavy atom. The number of aliphatic carboxylic acids is 1. The molecule has 0 rings (SSSR count). The summed E-state index contributed by atoms with van der Waals surface area (Å²) < 4.78 is 4.79. The molecule has 0 fully saturated rings. The number of hydrogen-bond acceptors (Lipinski definition) is 3. The predicted octanol–water partition coefficient (Wildman–Crippen LogP) is 4.56. The second-order valence-electron chi connectivity index (χ2n) is 5.61. The van der Waals surface area contributed by atoms with E-state index in [1.165, 1.54) is 44.9 Å². The van der Waals surface area contributed by atoms with Gasteiger partial charge in [-0.25, -0.2) is 0 Å². The minimum Gasteiger partial charge on any atom is -0.481 e. The van der Waals surface area contributed by atoms with E-state index in [1.807, 2.05) is 0 Å². The molecule has 0 bridgehead atoms. The fourth-order valence-corrected chi connectivity index (χ4v) is 2.42. The van der Waals surface area contributed by atoms with Crippen molar-refractivity contribution < 1.29 is 19.4 Å². The SMILES string of the molecule is CCCCCCCCCCCCC(C(=O)O)C(=O)OCC. The zero-order valence-electron chi connectivity index (χ0n) is 13.7. The Morgan fingerprint density at radius 1 is 0.857 bits per heavy atom. The normalized spacial score (nSPS) is 12.1. The molecule has 4 nitrogen and oxygen atoms in total. The van der Waals surface area contributed by atoms with Crippen LogP contribution in [-0.2, 0) is 14.3 Å². The largest absolute Gasteiger partial charge is 0.481 e. The van der Waals surface area contributed by atoms with Crippen LogP contribution in [0.3, 0.4) is 0 Å². The molecule has 0 aliphatic rings. The van der Waals surface area contributed by atoms with E-state index in [9.17, 15) is 9.59 Å². The van der Waals surface area contributed by atoms with Crippen LogP contribution in [-0.4, -0.2) is 23.7 Å². The highest BCUT2D eigenvalue weighted by Gasteiger charge is 2.26. The first-order chi connectivity index (χ1) is 10.1. The molecule has 0 aliphatic carbocycles. The van der Waals surface area contributed by atoms with Gasteiger partial charge in [0.1, 0.15) is 0 Å². The Bertz CT molecular complexity index is 276. The van der Waals surface area contributed by atoms with Gasteiger partial charge in [-0.15, -0.1) is 0 Å². The van der Waals surface area contributed by atoms with Crippen molar-refractivity contribution in [2.24, 2.45) is 5.92 Å². The summed E-state index contributed by atoms with van der Waals surface area (Å²) in [6.45, 7) is 4.15. The molecule has 0 amide bonds. The van der Waals surface area contributed by atoms with Gasteiger partial charge >= 0.3 is 11.9 Å². The number of rotatable bonds is 14. The van der Waals surface area contributed by atoms with Crippen molar-refractivity contribution in [2.75, 3.05) is 6.61 Å². The van der Waals surface area contributed by atoms with Gasteiger partial charge in [0, 0.05) is 0 Å². The fraction of sp³-hybridized carbons (Fsp3) is 0.882. The first-order valence-corrected chi connectivity index (χ1v) is 8.52. The van der Waals surface area contributed by atoms with Crippen LogP contribution >= 0.6 is 0 Å². The van der Waals surface area contributed by atoms with Crippen molar-refractivity contribution in [1.29, 1.82) is 0 Å². The number of ether oxygens (including phenoxy) is 1. The minimum absolute atomic E-state index is 0.237. The minimum atomic E-state index is -1.07. The monoisotopic (exact) mass is 300 g/mol. The summed E-state index contributed by atoms with van der Waals surface area (Å²) in [4.78, 5) is 22.5. The van der Waals surface area contributed by atoms with E-state index in [-0.39, 0.29) is 6.61 Å². The number of carboxylic acids is 1. The molecule has 0 aromatic heterocycles. The predicted molar refractivity (Wildman–Crippen MR) is 84.2 cm³/mol. The zero-order valence-corrected chi connectivity index (χ0v) is 13.7. The molecule has 0 saturated carbocycles. The fourth-order valence-electron chi connectivity index (χ4n) is 2.42. The lowest BCUT2D eigenvalue weighted by atomic mass is 10.00. The number of carboxylic acid groups (broad SMARTS) is 1. The zero-order chi connectivity index (χ0) is 15.9. The molecule has 0 aliphatic heterocycles. The smallest absolute Gasteiger partial charge is 0.320 e. The highest BCUT2D eigenvalue weighted by molar-refractivity contribution is 5.93. The van der Waals surface area contributed by atoms with Crippen molar-refractivity contribution >= 4 is 11.9 Å². The highest BCUT2D eigenvalue weighted by Crippen LogP contribution is 2.15. The second kappa shape index (κ2) is 13.9. The molecule has 124 valence electrons. The molecule has 1 N–H and O–H groups in total. The summed E-state index contributed by atoms with van der Waals surface area (Å²) in [6, 6.07) is 0. The molecule has 0 spiro atoms. The molecule has 21 heavy (non-hydrogen) atoms. The van der Waals surface area contributed by atoms with Gasteiger partial charge in [-0.05, 0) is 13.3 Å². The molecule has 4 heteroatoms. The van der Waals surface area contributed by atoms with Crippen molar-refractivity contribution in [2.45, 2.75) is 84.5 Å². The maximum Gasteiger partial charge on any atom is 0.320 e. The Morgan fingerprint density at radius 3 is 1.76 bits per heavy atom. The van der Waals surface area contributed by atoms with E-state index in [0.717, 1.165) is 19.3 Å². The van der Waals surface area contributed by atoms with Crippen molar-refractivity contribution in [3.8, 4) is 0 Å². The maximum absolute atomic E-state index is 11.5. The van der Waals surface area contributed by atoms with Gasteiger partial charge in [-0.1, -0.05) is 71.1 Å². The van der Waals surface area contributed by atoms with Gasteiger partial charge < -0.3 is 9.84 Å². The number of unbranched alkanes of at least 4 members (excludes halogenated alkanes) is 9. The molecule has 0 radical (unpaired) electrons. The van der Waals surface area contributed by atoms with Gasteiger partial charge in [-0.2, -0.15) is 0 Å². The van der Waals surface area contributed by atoms with E-state index >= 15 is 0 Å². The maximum atomic E-state index is 11.5. The third kappa shape index (κ3) is 11.3. The first kappa shape index (κ1) is 19.9. The number of hydrogen-bond donors (Lipinski definition) is 1. The number of carbonyl (C=O) groups excluding carboxylic acids is 1. The van der Waals surface area contributed by atoms with E-state index in [2.05, 4.69) is 6.92 Å². The Hall–Kier alpha value is -1.06. The van der Waals surface area contributed by atoms with Crippen molar-refractivity contribution in [3.05, 3.63) is 0 Å². The van der Waals surface area contributed by atoms with Crippen molar-refractivity contribution in [3.63, 3.8) is 0 Å². The third-order valence-corrected chi connectivity index (χ3v) is 3.72. The quantitative estimate of drug-likeness (QED) is 0.290. The van der Waals surface area contributed by atoms with Gasteiger partial charge in [0.05, 0.1) is 6.61 Å². The molecule has 0 aromatic carbocycles. The molecule has 0 aromatic rings. The summed E-state index contributed by atoms with van der Waals surface area (Å²) in [5, 5.41) is 9.01. The molecule has 0 heterocycles. The van der Waals surface area contributed by atoms with E-state index in [0.29, 0.717) is 6.42 Å². The van der Waals surface area contributed by atoms with Crippen LogP contribution in [0.25, 0.3) is 0 Å². The van der Waals surface area contributed by atoms with Crippen molar-refractivity contribution in [1.82, 2.24) is 0 Å². The molecular weight excluding hydrogens is 268 g/mol. The van der Waals surface area contributed by atoms with Crippen LogP contribution in [0.1, 0.15) is 84.5 Å². The van der Waals surface area contributed by atoms with Gasteiger partial charge in [-0.3, -0.25) is 9.59 Å². The first-order valence-electron chi connectivity index (χ1n) is 8.52. The number of esters is 1. The van der Waals surface area contributed by atoms with E-state index in [4.69, 9.17) is 9.84 Å². The third-order valence-electron chi connectivity index (χ3n) is 3.72. The average Bonchev–Trinajstić information content (AvgIpc) is 2.44. The van der Waals surface area contributed by atoms with Gasteiger partial charge in [0.25, 0.3) is 0 Å². The summed E-state index contributed by atoms with van der Waals surface area (Å²) in [5.74, 6) is -2.65. The lowest BCUT2D eigenvalue weighted by Gasteiger charge is -2.10. The molecule has 1 atom stereocenters. The summed E-state index contributed by atoms with van der Waals surface area (Å²) >= 11 is 0. The lowest BCUT2D eigenvalue weighted by Crippen LogP contribution is -2.25. The molecular formula is C17H32O4. The Balaban J connectivity index is 3.54.